The zero-order valence-corrected chi connectivity index (χ0v) is 12.3. The lowest BCUT2D eigenvalue weighted by Crippen LogP contribution is -2.43. The Balaban J connectivity index is 2.75. The Kier molecular flexibility index (Phi) is 5.43. The fraction of sp³-hybridized carbons (Fsp3) is 0.583. The fourth-order valence-corrected chi connectivity index (χ4v) is 1.95. The summed E-state index contributed by atoms with van der Waals surface area (Å²) >= 11 is 1.50. The average molecular weight is 303 g/mol. The van der Waals surface area contributed by atoms with Crippen molar-refractivity contribution in [1.29, 1.82) is 0 Å². The van der Waals surface area contributed by atoms with Gasteiger partial charge in [0, 0.05) is 20.0 Å². The molecule has 1 aliphatic rings. The first kappa shape index (κ1) is 16.4. The predicted molar refractivity (Wildman–Crippen MR) is 71.9 cm³/mol. The molecule has 0 bridgehead atoms. The van der Waals surface area contributed by atoms with Crippen LogP contribution in [-0.4, -0.2) is 46.9 Å². The SMILES string of the molecule is CSCC[C@H](NC=C1C(=O)OC(C)(C)OC1=O)C(=O)O. The van der Waals surface area contributed by atoms with E-state index in [1.165, 1.54) is 25.6 Å². The Hall–Kier alpha value is -1.70. The van der Waals surface area contributed by atoms with E-state index >= 15 is 0 Å². The minimum Gasteiger partial charge on any atom is -0.480 e. The molecule has 0 aromatic heterocycles. The Bertz CT molecular complexity index is 423. The molecular formula is C12H17NO6S. The van der Waals surface area contributed by atoms with Crippen molar-refractivity contribution in [3.8, 4) is 0 Å². The van der Waals surface area contributed by atoms with Crippen molar-refractivity contribution >= 4 is 29.7 Å². The lowest BCUT2D eigenvalue weighted by atomic mass is 10.2. The van der Waals surface area contributed by atoms with E-state index in [1.54, 1.807) is 0 Å². The zero-order chi connectivity index (χ0) is 15.3. The highest BCUT2D eigenvalue weighted by Crippen LogP contribution is 2.22. The van der Waals surface area contributed by atoms with Gasteiger partial charge in [-0.1, -0.05) is 0 Å². The van der Waals surface area contributed by atoms with Crippen LogP contribution in [0.15, 0.2) is 11.8 Å². The van der Waals surface area contributed by atoms with E-state index in [0.717, 1.165) is 6.20 Å². The largest absolute Gasteiger partial charge is 0.480 e. The molecule has 0 aromatic rings. The van der Waals surface area contributed by atoms with Crippen LogP contribution in [0.25, 0.3) is 0 Å². The molecule has 1 heterocycles. The van der Waals surface area contributed by atoms with Crippen molar-refractivity contribution in [1.82, 2.24) is 5.32 Å². The number of nitrogens with one attached hydrogen (secondary N) is 1. The summed E-state index contributed by atoms with van der Waals surface area (Å²) in [5, 5.41) is 11.5. The van der Waals surface area contributed by atoms with Gasteiger partial charge in [-0.25, -0.2) is 14.4 Å². The first-order valence-corrected chi connectivity index (χ1v) is 7.31. The van der Waals surface area contributed by atoms with Crippen LogP contribution in [0.3, 0.4) is 0 Å². The van der Waals surface area contributed by atoms with Crippen molar-refractivity contribution in [2.24, 2.45) is 0 Å². The summed E-state index contributed by atoms with van der Waals surface area (Å²) in [5.41, 5.74) is -0.347. The Morgan fingerprint density at radius 3 is 2.40 bits per heavy atom. The monoisotopic (exact) mass is 303 g/mol. The molecule has 1 fully saturated rings. The van der Waals surface area contributed by atoms with E-state index in [-0.39, 0.29) is 5.57 Å². The average Bonchev–Trinajstić information content (AvgIpc) is 2.29. The summed E-state index contributed by atoms with van der Waals surface area (Å²) in [6.45, 7) is 2.87. The normalized spacial score (nSPS) is 18.9. The minimum atomic E-state index is -1.31. The van der Waals surface area contributed by atoms with Crippen LogP contribution < -0.4 is 5.32 Å². The van der Waals surface area contributed by atoms with Crippen LogP contribution in [0.2, 0.25) is 0 Å². The van der Waals surface area contributed by atoms with Crippen molar-refractivity contribution in [2.75, 3.05) is 12.0 Å². The number of hydrogen-bond donors (Lipinski definition) is 2. The number of carbonyl (C=O) groups is 3. The van der Waals surface area contributed by atoms with Gasteiger partial charge in [0.05, 0.1) is 0 Å². The molecule has 2 N–H and O–H groups in total. The Labute approximate surface area is 120 Å². The van der Waals surface area contributed by atoms with Crippen molar-refractivity contribution < 1.29 is 29.0 Å². The molecule has 7 nitrogen and oxygen atoms in total. The zero-order valence-electron chi connectivity index (χ0n) is 11.5. The highest BCUT2D eigenvalue weighted by Gasteiger charge is 2.39. The Morgan fingerprint density at radius 2 is 1.95 bits per heavy atom. The molecule has 0 amide bonds. The van der Waals surface area contributed by atoms with Crippen molar-refractivity contribution in [3.05, 3.63) is 11.8 Å². The molecule has 8 heteroatoms. The van der Waals surface area contributed by atoms with Gasteiger partial charge in [-0.2, -0.15) is 11.8 Å². The topological polar surface area (TPSA) is 102 Å². The number of hydrogen-bond acceptors (Lipinski definition) is 7. The molecule has 0 aromatic carbocycles. The first-order valence-electron chi connectivity index (χ1n) is 5.91. The maximum absolute atomic E-state index is 11.6. The molecule has 0 aliphatic carbocycles. The summed E-state index contributed by atoms with van der Waals surface area (Å²) in [6.07, 6.45) is 3.25. The smallest absolute Gasteiger partial charge is 0.350 e. The van der Waals surface area contributed by atoms with Gasteiger partial charge in [-0.15, -0.1) is 0 Å². The quantitative estimate of drug-likeness (QED) is 0.415. The number of esters is 2. The van der Waals surface area contributed by atoms with Gasteiger partial charge < -0.3 is 19.9 Å². The van der Waals surface area contributed by atoms with E-state index < -0.39 is 29.7 Å². The summed E-state index contributed by atoms with van der Waals surface area (Å²) in [7, 11) is 0. The minimum absolute atomic E-state index is 0.347. The third kappa shape index (κ3) is 4.44. The van der Waals surface area contributed by atoms with Gasteiger partial charge in [-0.3, -0.25) is 0 Å². The number of ether oxygens (including phenoxy) is 2. The molecule has 112 valence electrons. The van der Waals surface area contributed by atoms with E-state index in [0.29, 0.717) is 12.2 Å². The van der Waals surface area contributed by atoms with Crippen LogP contribution in [0.5, 0.6) is 0 Å². The van der Waals surface area contributed by atoms with Gasteiger partial charge >= 0.3 is 17.9 Å². The molecule has 1 atom stereocenters. The number of carboxylic acid groups (broad SMARTS) is 1. The Morgan fingerprint density at radius 1 is 1.40 bits per heavy atom. The fourth-order valence-electron chi connectivity index (χ4n) is 1.48. The predicted octanol–water partition coefficient (Wildman–Crippen LogP) is 0.502. The lowest BCUT2D eigenvalue weighted by molar-refractivity contribution is -0.222. The summed E-state index contributed by atoms with van der Waals surface area (Å²) in [5.74, 6) is -3.42. The summed E-state index contributed by atoms with van der Waals surface area (Å²) in [4.78, 5) is 34.3. The number of thioether (sulfide) groups is 1. The molecule has 0 unspecified atom stereocenters. The maximum Gasteiger partial charge on any atom is 0.350 e. The van der Waals surface area contributed by atoms with Crippen LogP contribution >= 0.6 is 11.8 Å². The number of cyclic esters (lactones) is 2. The molecule has 0 radical (unpaired) electrons. The first-order chi connectivity index (χ1) is 9.26. The summed E-state index contributed by atoms with van der Waals surface area (Å²) < 4.78 is 9.78. The third-order valence-electron chi connectivity index (χ3n) is 2.45. The number of aliphatic carboxylic acids is 1. The molecule has 1 saturated heterocycles. The van der Waals surface area contributed by atoms with E-state index in [9.17, 15) is 14.4 Å². The molecule has 1 aliphatic heterocycles. The van der Waals surface area contributed by atoms with Gasteiger partial charge in [0.25, 0.3) is 5.79 Å². The molecule has 0 saturated carbocycles. The number of carbonyl (C=O) groups excluding carboxylic acids is 2. The van der Waals surface area contributed by atoms with Gasteiger partial charge in [0.1, 0.15) is 6.04 Å². The molecule has 1 rings (SSSR count). The van der Waals surface area contributed by atoms with Crippen LogP contribution in [0, 0.1) is 0 Å². The molecular weight excluding hydrogens is 286 g/mol. The van der Waals surface area contributed by atoms with Gasteiger partial charge in [0.15, 0.2) is 5.57 Å². The highest BCUT2D eigenvalue weighted by molar-refractivity contribution is 7.98. The molecule has 20 heavy (non-hydrogen) atoms. The van der Waals surface area contributed by atoms with Crippen LogP contribution in [0.1, 0.15) is 20.3 Å². The van der Waals surface area contributed by atoms with Crippen molar-refractivity contribution in [2.45, 2.75) is 32.1 Å². The van der Waals surface area contributed by atoms with Crippen LogP contribution in [-0.2, 0) is 23.9 Å². The highest BCUT2D eigenvalue weighted by atomic mass is 32.2. The van der Waals surface area contributed by atoms with E-state index in [2.05, 4.69) is 5.32 Å². The maximum atomic E-state index is 11.6. The second kappa shape index (κ2) is 6.65. The summed E-state index contributed by atoms with van der Waals surface area (Å²) in [6, 6.07) is -0.884. The van der Waals surface area contributed by atoms with E-state index in [1.807, 2.05) is 6.26 Å². The third-order valence-corrected chi connectivity index (χ3v) is 3.10. The van der Waals surface area contributed by atoms with E-state index in [4.69, 9.17) is 14.6 Å². The van der Waals surface area contributed by atoms with Crippen LogP contribution in [0.4, 0.5) is 0 Å². The lowest BCUT2D eigenvalue weighted by Gasteiger charge is -2.29. The van der Waals surface area contributed by atoms with Crippen molar-refractivity contribution in [3.63, 3.8) is 0 Å². The second-order valence-electron chi connectivity index (χ2n) is 4.58. The standard InChI is InChI=1S/C12H17NO6S/c1-12(2)18-10(16)7(11(17)19-12)6-13-8(9(14)15)4-5-20-3/h6,8,13H,4-5H2,1-3H3,(H,14,15)/t8-/m0/s1. The molecule has 0 spiro atoms. The second-order valence-corrected chi connectivity index (χ2v) is 5.56. The number of rotatable bonds is 6. The van der Waals surface area contributed by atoms with Gasteiger partial charge in [0.2, 0.25) is 0 Å². The van der Waals surface area contributed by atoms with Gasteiger partial charge in [-0.05, 0) is 18.4 Å². The number of carboxylic acids is 1.